The summed E-state index contributed by atoms with van der Waals surface area (Å²) < 4.78 is 56.4. The lowest BCUT2D eigenvalue weighted by Crippen LogP contribution is -1.97. The average Bonchev–Trinajstić information content (AvgIpc) is 2.64. The van der Waals surface area contributed by atoms with Crippen LogP contribution < -0.4 is 0 Å². The predicted octanol–water partition coefficient (Wildman–Crippen LogP) is 6.84. The van der Waals surface area contributed by atoms with Crippen molar-refractivity contribution in [1.82, 2.24) is 0 Å². The Morgan fingerprint density at radius 1 is 0.615 bits per heavy atom. The van der Waals surface area contributed by atoms with Crippen LogP contribution in [0.1, 0.15) is 24.5 Å². The standard InChI is InChI=1S/C22H18F4/c1-3-4-16-10-12-18(22(26)20(16)24)15-8-6-14(7-9-15)17-11-5-13(2)19(23)21(17)25/h5-12H,3-4H2,1-2H3. The summed E-state index contributed by atoms with van der Waals surface area (Å²) in [5.74, 6) is -3.53. The Bertz CT molecular complexity index is 943. The van der Waals surface area contributed by atoms with E-state index < -0.39 is 23.3 Å². The molecule has 0 heterocycles. The maximum absolute atomic E-state index is 14.4. The molecule has 0 radical (unpaired) electrons. The maximum atomic E-state index is 14.4. The van der Waals surface area contributed by atoms with Crippen LogP contribution in [-0.4, -0.2) is 0 Å². The molecule has 0 N–H and O–H groups in total. The number of aryl methyl sites for hydroxylation is 2. The van der Waals surface area contributed by atoms with Gasteiger partial charge in [0.25, 0.3) is 0 Å². The van der Waals surface area contributed by atoms with Crippen LogP contribution in [0.2, 0.25) is 0 Å². The predicted molar refractivity (Wildman–Crippen MR) is 95.9 cm³/mol. The minimum absolute atomic E-state index is 0.129. The fraction of sp³-hybridized carbons (Fsp3) is 0.182. The topological polar surface area (TPSA) is 0 Å². The van der Waals surface area contributed by atoms with E-state index in [1.807, 2.05) is 6.92 Å². The normalized spacial score (nSPS) is 11.0. The van der Waals surface area contributed by atoms with Crippen molar-refractivity contribution in [3.63, 3.8) is 0 Å². The summed E-state index contributed by atoms with van der Waals surface area (Å²) in [6, 6.07) is 12.4. The molecule has 3 rings (SSSR count). The Balaban J connectivity index is 1.99. The molecule has 0 nitrogen and oxygen atoms in total. The summed E-state index contributed by atoms with van der Waals surface area (Å²) >= 11 is 0. The smallest absolute Gasteiger partial charge is 0.166 e. The second-order valence-electron chi connectivity index (χ2n) is 6.29. The zero-order valence-electron chi connectivity index (χ0n) is 14.5. The van der Waals surface area contributed by atoms with Crippen LogP contribution in [0.15, 0.2) is 48.5 Å². The van der Waals surface area contributed by atoms with E-state index in [1.54, 1.807) is 36.4 Å². The Morgan fingerprint density at radius 2 is 1.12 bits per heavy atom. The van der Waals surface area contributed by atoms with Gasteiger partial charge in [0, 0.05) is 11.1 Å². The quantitative estimate of drug-likeness (QED) is 0.448. The van der Waals surface area contributed by atoms with Gasteiger partial charge in [-0.05, 0) is 35.6 Å². The van der Waals surface area contributed by atoms with E-state index in [9.17, 15) is 17.6 Å². The van der Waals surface area contributed by atoms with Gasteiger partial charge in [0.05, 0.1) is 0 Å². The van der Waals surface area contributed by atoms with E-state index in [0.717, 1.165) is 6.42 Å². The van der Waals surface area contributed by atoms with Crippen molar-refractivity contribution in [2.45, 2.75) is 26.7 Å². The van der Waals surface area contributed by atoms with Crippen molar-refractivity contribution in [1.29, 1.82) is 0 Å². The molecule has 0 aromatic heterocycles. The molecule has 3 aromatic carbocycles. The molecule has 3 aromatic rings. The molecule has 4 heteroatoms. The SMILES string of the molecule is CCCc1ccc(-c2ccc(-c3ccc(C)c(F)c3F)cc2)c(F)c1F. The van der Waals surface area contributed by atoms with E-state index in [-0.39, 0.29) is 16.7 Å². The Morgan fingerprint density at radius 3 is 1.65 bits per heavy atom. The first kappa shape index (κ1) is 18.2. The first-order valence-electron chi connectivity index (χ1n) is 8.46. The van der Waals surface area contributed by atoms with Gasteiger partial charge in [0.15, 0.2) is 23.3 Å². The van der Waals surface area contributed by atoms with Gasteiger partial charge in [-0.3, -0.25) is 0 Å². The summed E-state index contributed by atoms with van der Waals surface area (Å²) in [7, 11) is 0. The molecule has 0 fully saturated rings. The van der Waals surface area contributed by atoms with Gasteiger partial charge < -0.3 is 0 Å². The van der Waals surface area contributed by atoms with Crippen LogP contribution in [0.3, 0.4) is 0 Å². The Kier molecular flexibility index (Phi) is 5.12. The second-order valence-corrected chi connectivity index (χ2v) is 6.29. The molecule has 0 saturated carbocycles. The lowest BCUT2D eigenvalue weighted by Gasteiger charge is -2.10. The highest BCUT2D eigenvalue weighted by molar-refractivity contribution is 5.71. The molecule has 0 aliphatic rings. The van der Waals surface area contributed by atoms with Crippen molar-refractivity contribution < 1.29 is 17.6 Å². The van der Waals surface area contributed by atoms with Crippen molar-refractivity contribution in [2.75, 3.05) is 0 Å². The first-order valence-corrected chi connectivity index (χ1v) is 8.46. The molecule has 0 aliphatic heterocycles. The minimum atomic E-state index is -0.918. The van der Waals surface area contributed by atoms with Gasteiger partial charge in [-0.2, -0.15) is 0 Å². The van der Waals surface area contributed by atoms with Crippen molar-refractivity contribution in [3.05, 3.63) is 82.9 Å². The third-order valence-electron chi connectivity index (χ3n) is 4.46. The second kappa shape index (κ2) is 7.32. The average molecular weight is 358 g/mol. The Labute approximate surface area is 150 Å². The van der Waals surface area contributed by atoms with Crippen molar-refractivity contribution in [3.8, 4) is 22.3 Å². The van der Waals surface area contributed by atoms with Gasteiger partial charge in [0.1, 0.15) is 0 Å². The molecular weight excluding hydrogens is 340 g/mol. The Hall–Kier alpha value is -2.62. The van der Waals surface area contributed by atoms with E-state index in [2.05, 4.69) is 0 Å². The molecule has 0 atom stereocenters. The molecule has 0 saturated heterocycles. The van der Waals surface area contributed by atoms with Crippen LogP contribution in [0.5, 0.6) is 0 Å². The van der Waals surface area contributed by atoms with Gasteiger partial charge in [-0.25, -0.2) is 17.6 Å². The number of hydrogen-bond donors (Lipinski definition) is 0. The first-order chi connectivity index (χ1) is 12.4. The third kappa shape index (κ3) is 3.24. The van der Waals surface area contributed by atoms with Gasteiger partial charge >= 0.3 is 0 Å². The van der Waals surface area contributed by atoms with Crippen LogP contribution in [0, 0.1) is 30.2 Å². The summed E-state index contributed by atoms with van der Waals surface area (Å²) in [5, 5.41) is 0. The number of benzene rings is 3. The third-order valence-corrected chi connectivity index (χ3v) is 4.46. The van der Waals surface area contributed by atoms with E-state index in [1.165, 1.54) is 19.1 Å². The molecule has 26 heavy (non-hydrogen) atoms. The highest BCUT2D eigenvalue weighted by Crippen LogP contribution is 2.31. The maximum Gasteiger partial charge on any atom is 0.166 e. The lowest BCUT2D eigenvalue weighted by molar-refractivity contribution is 0.500. The highest BCUT2D eigenvalue weighted by Gasteiger charge is 2.16. The molecule has 0 unspecified atom stereocenters. The zero-order chi connectivity index (χ0) is 18.8. The van der Waals surface area contributed by atoms with Crippen LogP contribution in [0.4, 0.5) is 17.6 Å². The van der Waals surface area contributed by atoms with Crippen LogP contribution >= 0.6 is 0 Å². The van der Waals surface area contributed by atoms with E-state index in [4.69, 9.17) is 0 Å². The van der Waals surface area contributed by atoms with Crippen LogP contribution in [0.25, 0.3) is 22.3 Å². The highest BCUT2D eigenvalue weighted by atomic mass is 19.2. The molecule has 0 amide bonds. The summed E-state index contributed by atoms with van der Waals surface area (Å²) in [4.78, 5) is 0. The molecule has 0 spiro atoms. The molecule has 134 valence electrons. The van der Waals surface area contributed by atoms with Crippen molar-refractivity contribution >= 4 is 0 Å². The fourth-order valence-corrected chi connectivity index (χ4v) is 2.97. The van der Waals surface area contributed by atoms with Gasteiger partial charge in [-0.15, -0.1) is 0 Å². The summed E-state index contributed by atoms with van der Waals surface area (Å²) in [6.45, 7) is 3.39. The zero-order valence-corrected chi connectivity index (χ0v) is 14.5. The number of rotatable bonds is 4. The van der Waals surface area contributed by atoms with E-state index in [0.29, 0.717) is 23.1 Å². The van der Waals surface area contributed by atoms with Gasteiger partial charge in [0.2, 0.25) is 0 Å². The largest absolute Gasteiger partial charge is 0.203 e. The van der Waals surface area contributed by atoms with Gasteiger partial charge in [-0.1, -0.05) is 61.9 Å². The summed E-state index contributed by atoms with van der Waals surface area (Å²) in [5.41, 5.74) is 1.79. The van der Waals surface area contributed by atoms with E-state index >= 15 is 0 Å². The molecular formula is C22H18F4. The lowest BCUT2D eigenvalue weighted by atomic mass is 9.97. The summed E-state index contributed by atoms with van der Waals surface area (Å²) in [6.07, 6.45) is 1.20. The minimum Gasteiger partial charge on any atom is -0.203 e. The van der Waals surface area contributed by atoms with Crippen LogP contribution in [-0.2, 0) is 6.42 Å². The fourth-order valence-electron chi connectivity index (χ4n) is 2.97. The molecule has 0 aliphatic carbocycles. The number of hydrogen-bond acceptors (Lipinski definition) is 0. The molecule has 0 bridgehead atoms. The monoisotopic (exact) mass is 358 g/mol. The van der Waals surface area contributed by atoms with Crippen molar-refractivity contribution in [2.24, 2.45) is 0 Å². The number of halogens is 4.